The number of alkyl halides is 2. The highest BCUT2D eigenvalue weighted by Crippen LogP contribution is 2.44. The van der Waals surface area contributed by atoms with Crippen LogP contribution in [0.1, 0.15) is 21.1 Å². The number of thiophene rings is 1. The van der Waals surface area contributed by atoms with Gasteiger partial charge >= 0.3 is 6.61 Å². The maximum absolute atomic E-state index is 12.6. The third-order valence-electron chi connectivity index (χ3n) is 3.48. The van der Waals surface area contributed by atoms with E-state index >= 15 is 0 Å². The Balaban J connectivity index is 2.06. The van der Waals surface area contributed by atoms with Gasteiger partial charge in [-0.1, -0.05) is 11.6 Å². The van der Waals surface area contributed by atoms with Crippen LogP contribution in [-0.4, -0.2) is 22.7 Å². The van der Waals surface area contributed by atoms with Crippen molar-refractivity contribution in [1.82, 2.24) is 10.2 Å². The van der Waals surface area contributed by atoms with Gasteiger partial charge in [0.1, 0.15) is 10.6 Å². The van der Waals surface area contributed by atoms with Gasteiger partial charge in [-0.15, -0.1) is 11.3 Å². The van der Waals surface area contributed by atoms with Gasteiger partial charge in [-0.3, -0.25) is 9.89 Å². The molecule has 1 amide bonds. The molecule has 132 valence electrons. The highest BCUT2D eigenvalue weighted by Gasteiger charge is 2.24. The lowest BCUT2D eigenvalue weighted by molar-refractivity contribution is -0.0487. The highest BCUT2D eigenvalue weighted by atomic mass is 79.9. The first-order chi connectivity index (χ1) is 11.8. The molecule has 0 aliphatic rings. The van der Waals surface area contributed by atoms with Crippen molar-refractivity contribution in [2.75, 3.05) is 5.32 Å². The molecule has 0 atom stereocenters. The zero-order valence-corrected chi connectivity index (χ0v) is 16.1. The largest absolute Gasteiger partial charge is 0.434 e. The summed E-state index contributed by atoms with van der Waals surface area (Å²) in [4.78, 5) is 12.8. The number of nitrogens with zero attached hydrogens (tertiary/aromatic N) is 1. The average molecular weight is 451 g/mol. The Morgan fingerprint density at radius 2 is 2.16 bits per heavy atom. The van der Waals surface area contributed by atoms with Crippen molar-refractivity contribution in [1.29, 1.82) is 0 Å². The predicted octanol–water partition coefficient (Wildman–Crippen LogP) is 5.51. The van der Waals surface area contributed by atoms with Gasteiger partial charge in [0.05, 0.1) is 32.2 Å². The molecular weight excluding hydrogens is 440 g/mol. The van der Waals surface area contributed by atoms with E-state index < -0.39 is 12.5 Å². The van der Waals surface area contributed by atoms with Crippen LogP contribution in [0.5, 0.6) is 5.75 Å². The van der Waals surface area contributed by atoms with Crippen LogP contribution in [0, 0.1) is 13.8 Å². The summed E-state index contributed by atoms with van der Waals surface area (Å²) in [5.41, 5.74) is 1.89. The summed E-state index contributed by atoms with van der Waals surface area (Å²) < 4.78 is 30.9. The molecule has 0 saturated heterocycles. The van der Waals surface area contributed by atoms with Gasteiger partial charge in [0.15, 0.2) is 0 Å². The van der Waals surface area contributed by atoms with Crippen molar-refractivity contribution in [2.24, 2.45) is 0 Å². The van der Waals surface area contributed by atoms with Crippen LogP contribution in [-0.2, 0) is 0 Å². The van der Waals surface area contributed by atoms with E-state index in [1.54, 1.807) is 19.9 Å². The highest BCUT2D eigenvalue weighted by molar-refractivity contribution is 9.10. The smallest absolute Gasteiger partial charge is 0.387 e. The zero-order chi connectivity index (χ0) is 18.3. The van der Waals surface area contributed by atoms with Crippen LogP contribution >= 0.6 is 38.9 Å². The first kappa shape index (κ1) is 18.1. The normalized spacial score (nSPS) is 11.3. The fraction of sp³-hybridized carbons (Fsp3) is 0.200. The Morgan fingerprint density at radius 3 is 2.76 bits per heavy atom. The fourth-order valence-corrected chi connectivity index (χ4v) is 4.38. The van der Waals surface area contributed by atoms with Crippen LogP contribution in [0.15, 0.2) is 16.6 Å². The molecule has 2 N–H and O–H groups in total. The second kappa shape index (κ2) is 6.89. The summed E-state index contributed by atoms with van der Waals surface area (Å²) in [7, 11) is 0. The first-order valence-electron chi connectivity index (χ1n) is 6.97. The summed E-state index contributed by atoms with van der Waals surface area (Å²) in [5.74, 6) is -0.530. The number of rotatable bonds is 4. The van der Waals surface area contributed by atoms with Gasteiger partial charge in [0.25, 0.3) is 5.91 Å². The second-order valence-corrected chi connectivity index (χ2v) is 7.39. The van der Waals surface area contributed by atoms with Crippen molar-refractivity contribution in [3.8, 4) is 5.75 Å². The first-order valence-corrected chi connectivity index (χ1v) is 8.96. The van der Waals surface area contributed by atoms with Gasteiger partial charge in [-0.2, -0.15) is 13.9 Å². The molecule has 25 heavy (non-hydrogen) atoms. The van der Waals surface area contributed by atoms with Crippen LogP contribution in [0.4, 0.5) is 14.5 Å². The number of hydrogen-bond acceptors (Lipinski definition) is 4. The van der Waals surface area contributed by atoms with E-state index in [1.165, 1.54) is 6.07 Å². The van der Waals surface area contributed by atoms with Crippen molar-refractivity contribution in [2.45, 2.75) is 20.5 Å². The molecule has 0 saturated carbocycles. The van der Waals surface area contributed by atoms with Crippen molar-refractivity contribution >= 4 is 60.5 Å². The van der Waals surface area contributed by atoms with Crippen molar-refractivity contribution in [3.63, 3.8) is 0 Å². The number of halogens is 4. The molecule has 0 unspecified atom stereocenters. The molecular formula is C15H11BrClF2N3O2S. The van der Waals surface area contributed by atoms with E-state index in [-0.39, 0.29) is 21.0 Å². The third-order valence-corrected chi connectivity index (χ3v) is 6.12. The van der Waals surface area contributed by atoms with Crippen molar-refractivity contribution in [3.05, 3.63) is 37.9 Å². The number of carbonyl (C=O) groups is 1. The van der Waals surface area contributed by atoms with Gasteiger partial charge in [-0.25, -0.2) is 0 Å². The van der Waals surface area contributed by atoms with Crippen LogP contribution in [0.3, 0.4) is 0 Å². The quantitative estimate of drug-likeness (QED) is 0.551. The molecule has 0 aliphatic carbocycles. The minimum atomic E-state index is -2.99. The molecule has 5 nitrogen and oxygen atoms in total. The van der Waals surface area contributed by atoms with Crippen LogP contribution in [0.2, 0.25) is 5.02 Å². The number of anilines is 1. The third kappa shape index (κ3) is 3.36. The Bertz CT molecular complexity index is 954. The van der Waals surface area contributed by atoms with Gasteiger partial charge in [-0.05, 0) is 41.9 Å². The number of H-pyrrole nitrogens is 1. The van der Waals surface area contributed by atoms with Gasteiger partial charge < -0.3 is 10.1 Å². The van der Waals surface area contributed by atoms with E-state index in [9.17, 15) is 13.6 Å². The number of amides is 1. The van der Waals surface area contributed by atoms with E-state index in [4.69, 9.17) is 11.6 Å². The number of aromatic nitrogens is 2. The maximum atomic E-state index is 12.6. The predicted molar refractivity (Wildman–Crippen MR) is 97.2 cm³/mol. The lowest BCUT2D eigenvalue weighted by Crippen LogP contribution is -2.11. The topological polar surface area (TPSA) is 67.0 Å². The molecule has 10 heteroatoms. The molecule has 1 aromatic carbocycles. The number of nitrogens with one attached hydrogen (secondary N) is 2. The van der Waals surface area contributed by atoms with Crippen LogP contribution in [0.25, 0.3) is 10.1 Å². The van der Waals surface area contributed by atoms with Gasteiger partial charge in [0, 0.05) is 4.47 Å². The lowest BCUT2D eigenvalue weighted by atomic mass is 10.2. The number of benzene rings is 1. The molecule has 3 rings (SSSR count). The van der Waals surface area contributed by atoms with E-state index in [0.29, 0.717) is 26.2 Å². The fourth-order valence-electron chi connectivity index (χ4n) is 2.35. The molecule has 0 spiro atoms. The Kier molecular flexibility index (Phi) is 4.99. The van der Waals surface area contributed by atoms with E-state index in [0.717, 1.165) is 11.3 Å². The summed E-state index contributed by atoms with van der Waals surface area (Å²) >= 11 is 10.7. The number of aryl methyl sites for hydroxylation is 2. The molecule has 0 bridgehead atoms. The number of fused-ring (bicyclic) bond motifs is 1. The Morgan fingerprint density at radius 1 is 1.44 bits per heavy atom. The Hall–Kier alpha value is -1.71. The molecule has 2 aromatic heterocycles. The lowest BCUT2D eigenvalue weighted by Gasteiger charge is -2.07. The summed E-state index contributed by atoms with van der Waals surface area (Å²) in [6.07, 6.45) is 0. The standard InChI is InChI=1S/C15H11BrClF2N3O2S/c1-5-11(6(2)22-21-5)20-14(23)13-10(17)9-8(24-15(18)19)4-3-7(16)12(9)25-13/h3-4,15H,1-2H3,(H,20,23)(H,21,22). The monoisotopic (exact) mass is 449 g/mol. The average Bonchev–Trinajstić information content (AvgIpc) is 3.05. The van der Waals surface area contributed by atoms with Crippen LogP contribution < -0.4 is 10.1 Å². The second-order valence-electron chi connectivity index (χ2n) is 5.14. The minimum absolute atomic E-state index is 0.0632. The number of hydrogen-bond donors (Lipinski definition) is 2. The summed E-state index contributed by atoms with van der Waals surface area (Å²) in [6, 6.07) is 2.95. The SMILES string of the molecule is Cc1n[nH]c(C)c1NC(=O)c1sc2c(Br)ccc(OC(F)F)c2c1Cl. The van der Waals surface area contributed by atoms with Gasteiger partial charge in [0.2, 0.25) is 0 Å². The summed E-state index contributed by atoms with van der Waals surface area (Å²) in [6.45, 7) is 0.526. The van der Waals surface area contributed by atoms with E-state index in [1.807, 2.05) is 0 Å². The number of carbonyl (C=O) groups excluding carboxylic acids is 1. The summed E-state index contributed by atoms with van der Waals surface area (Å²) in [5, 5.41) is 9.86. The molecule has 2 heterocycles. The molecule has 0 aliphatic heterocycles. The number of ether oxygens (including phenoxy) is 1. The zero-order valence-electron chi connectivity index (χ0n) is 12.9. The number of aromatic amines is 1. The Labute approximate surface area is 158 Å². The maximum Gasteiger partial charge on any atom is 0.387 e. The molecule has 0 fully saturated rings. The van der Waals surface area contributed by atoms with E-state index in [2.05, 4.69) is 36.2 Å². The molecule has 0 radical (unpaired) electrons. The molecule has 3 aromatic rings. The van der Waals surface area contributed by atoms with Crippen molar-refractivity contribution < 1.29 is 18.3 Å². The minimum Gasteiger partial charge on any atom is -0.434 e.